The van der Waals surface area contributed by atoms with Gasteiger partial charge in [0.05, 0.1) is 6.04 Å². The standard InChI is InChI=1S/C11H12BrF2N5/c1-19-10(16-5-17-19)4-9(18-15)11-7(13)2-6(12)3-8(11)14/h2-3,5,9,18H,4,15H2,1H3. The van der Waals surface area contributed by atoms with E-state index in [1.165, 1.54) is 23.1 Å². The molecule has 3 N–H and O–H groups in total. The molecule has 1 heterocycles. The first-order valence-corrected chi connectivity index (χ1v) is 6.25. The van der Waals surface area contributed by atoms with Crippen LogP contribution in [0.5, 0.6) is 0 Å². The molecule has 2 aromatic rings. The number of hydrazine groups is 1. The Balaban J connectivity index is 2.35. The highest BCUT2D eigenvalue weighted by Crippen LogP contribution is 2.26. The molecule has 0 saturated heterocycles. The minimum absolute atomic E-state index is 0.117. The van der Waals surface area contributed by atoms with Crippen LogP contribution in [0.25, 0.3) is 0 Å². The van der Waals surface area contributed by atoms with Crippen LogP contribution in [-0.2, 0) is 13.5 Å². The Morgan fingerprint density at radius 2 is 2.05 bits per heavy atom. The minimum Gasteiger partial charge on any atom is -0.271 e. The Kier molecular flexibility index (Phi) is 4.23. The second kappa shape index (κ2) is 5.72. The van der Waals surface area contributed by atoms with Crippen LogP contribution in [0.15, 0.2) is 22.9 Å². The highest BCUT2D eigenvalue weighted by molar-refractivity contribution is 9.10. The van der Waals surface area contributed by atoms with Crippen LogP contribution in [0, 0.1) is 11.6 Å². The highest BCUT2D eigenvalue weighted by atomic mass is 79.9. The third kappa shape index (κ3) is 2.96. The molecular formula is C11H12BrF2N5. The van der Waals surface area contributed by atoms with Crippen molar-refractivity contribution in [3.05, 3.63) is 46.0 Å². The van der Waals surface area contributed by atoms with Crippen LogP contribution >= 0.6 is 15.9 Å². The molecule has 5 nitrogen and oxygen atoms in total. The normalized spacial score (nSPS) is 12.7. The number of halogens is 3. The van der Waals surface area contributed by atoms with Gasteiger partial charge in [0.25, 0.3) is 0 Å². The van der Waals surface area contributed by atoms with Gasteiger partial charge in [-0.15, -0.1) is 0 Å². The topological polar surface area (TPSA) is 68.8 Å². The number of rotatable bonds is 4. The van der Waals surface area contributed by atoms with E-state index in [2.05, 4.69) is 31.4 Å². The Morgan fingerprint density at radius 1 is 1.42 bits per heavy atom. The number of benzene rings is 1. The molecule has 102 valence electrons. The minimum atomic E-state index is -0.726. The maximum absolute atomic E-state index is 13.9. The summed E-state index contributed by atoms with van der Waals surface area (Å²) in [4.78, 5) is 4.01. The molecule has 0 aliphatic heterocycles. The van der Waals surface area contributed by atoms with E-state index < -0.39 is 17.7 Å². The van der Waals surface area contributed by atoms with Gasteiger partial charge in [-0.25, -0.2) is 13.8 Å². The second-order valence-corrected chi connectivity index (χ2v) is 4.92. The number of aromatic nitrogens is 3. The zero-order valence-corrected chi connectivity index (χ0v) is 11.7. The summed E-state index contributed by atoms with van der Waals surface area (Å²) in [5.41, 5.74) is 2.29. The lowest BCUT2D eigenvalue weighted by Gasteiger charge is -2.17. The van der Waals surface area contributed by atoms with Crippen molar-refractivity contribution in [3.63, 3.8) is 0 Å². The van der Waals surface area contributed by atoms with E-state index in [0.29, 0.717) is 10.3 Å². The summed E-state index contributed by atoms with van der Waals surface area (Å²) < 4.78 is 29.6. The summed E-state index contributed by atoms with van der Waals surface area (Å²) in [5.74, 6) is 4.63. The summed E-state index contributed by atoms with van der Waals surface area (Å²) in [6.07, 6.45) is 1.60. The Hall–Kier alpha value is -1.38. The highest BCUT2D eigenvalue weighted by Gasteiger charge is 2.22. The average Bonchev–Trinajstić information content (AvgIpc) is 2.72. The Labute approximate surface area is 116 Å². The van der Waals surface area contributed by atoms with E-state index >= 15 is 0 Å². The van der Waals surface area contributed by atoms with Crippen molar-refractivity contribution in [1.82, 2.24) is 20.2 Å². The molecule has 0 bridgehead atoms. The predicted molar refractivity (Wildman–Crippen MR) is 68.8 cm³/mol. The Morgan fingerprint density at radius 3 is 2.53 bits per heavy atom. The van der Waals surface area contributed by atoms with E-state index in [4.69, 9.17) is 5.84 Å². The maximum atomic E-state index is 13.9. The summed E-state index contributed by atoms with van der Waals surface area (Å²) in [5, 5.41) is 3.90. The lowest BCUT2D eigenvalue weighted by atomic mass is 10.0. The summed E-state index contributed by atoms with van der Waals surface area (Å²) >= 11 is 3.03. The van der Waals surface area contributed by atoms with Gasteiger partial charge < -0.3 is 0 Å². The molecule has 0 aliphatic rings. The SMILES string of the molecule is Cn1ncnc1CC(NN)c1c(F)cc(Br)cc1F. The van der Waals surface area contributed by atoms with E-state index in [0.717, 1.165) is 0 Å². The first-order valence-electron chi connectivity index (χ1n) is 5.46. The van der Waals surface area contributed by atoms with Crippen molar-refractivity contribution in [2.24, 2.45) is 12.9 Å². The molecule has 1 atom stereocenters. The smallest absolute Gasteiger partial charge is 0.138 e. The summed E-state index contributed by atoms with van der Waals surface area (Å²) in [7, 11) is 1.70. The molecular weight excluding hydrogens is 320 g/mol. The molecule has 1 aromatic heterocycles. The Bertz CT molecular complexity index is 563. The lowest BCUT2D eigenvalue weighted by Crippen LogP contribution is -2.31. The molecule has 1 aromatic carbocycles. The van der Waals surface area contributed by atoms with Gasteiger partial charge >= 0.3 is 0 Å². The monoisotopic (exact) mass is 331 g/mol. The molecule has 0 spiro atoms. The van der Waals surface area contributed by atoms with Crippen LogP contribution in [0.2, 0.25) is 0 Å². The first-order chi connectivity index (χ1) is 9.02. The van der Waals surface area contributed by atoms with Gasteiger partial charge in [-0.2, -0.15) is 5.10 Å². The third-order valence-electron chi connectivity index (χ3n) is 2.79. The van der Waals surface area contributed by atoms with Gasteiger partial charge in [0, 0.05) is 23.5 Å². The van der Waals surface area contributed by atoms with Crippen molar-refractivity contribution in [2.75, 3.05) is 0 Å². The predicted octanol–water partition coefficient (Wildman–Crippen LogP) is 1.60. The molecule has 2 rings (SSSR count). The van der Waals surface area contributed by atoms with Crippen LogP contribution in [-0.4, -0.2) is 14.8 Å². The molecule has 0 amide bonds. The lowest BCUT2D eigenvalue weighted by molar-refractivity contribution is 0.460. The van der Waals surface area contributed by atoms with Crippen LogP contribution in [0.1, 0.15) is 17.4 Å². The van der Waals surface area contributed by atoms with Crippen LogP contribution in [0.3, 0.4) is 0 Å². The zero-order chi connectivity index (χ0) is 14.0. The van der Waals surface area contributed by atoms with Crippen molar-refractivity contribution >= 4 is 15.9 Å². The maximum Gasteiger partial charge on any atom is 0.138 e. The average molecular weight is 332 g/mol. The molecule has 8 heteroatoms. The number of nitrogens with zero attached hydrogens (tertiary/aromatic N) is 3. The van der Waals surface area contributed by atoms with E-state index in [9.17, 15) is 8.78 Å². The van der Waals surface area contributed by atoms with E-state index in [-0.39, 0.29) is 12.0 Å². The molecule has 1 unspecified atom stereocenters. The number of nitrogens with two attached hydrogens (primary N) is 1. The van der Waals surface area contributed by atoms with E-state index in [1.54, 1.807) is 7.05 Å². The van der Waals surface area contributed by atoms with Crippen molar-refractivity contribution < 1.29 is 8.78 Å². The number of hydrogen-bond acceptors (Lipinski definition) is 4. The fourth-order valence-corrected chi connectivity index (χ4v) is 2.22. The van der Waals surface area contributed by atoms with Gasteiger partial charge in [-0.1, -0.05) is 15.9 Å². The van der Waals surface area contributed by atoms with Gasteiger partial charge in [0.15, 0.2) is 0 Å². The van der Waals surface area contributed by atoms with Gasteiger partial charge in [0.1, 0.15) is 23.8 Å². The zero-order valence-electron chi connectivity index (χ0n) is 10.1. The summed E-state index contributed by atoms with van der Waals surface area (Å²) in [6, 6.07) is 1.66. The molecule has 0 fully saturated rings. The van der Waals surface area contributed by atoms with Crippen molar-refractivity contribution in [2.45, 2.75) is 12.5 Å². The number of nitrogens with one attached hydrogen (secondary N) is 1. The quantitative estimate of drug-likeness (QED) is 0.659. The van der Waals surface area contributed by atoms with Gasteiger partial charge in [-0.3, -0.25) is 16.0 Å². The first kappa shape index (κ1) is 14.0. The van der Waals surface area contributed by atoms with Crippen molar-refractivity contribution in [1.29, 1.82) is 0 Å². The molecule has 0 saturated carbocycles. The van der Waals surface area contributed by atoms with Crippen LogP contribution in [0.4, 0.5) is 8.78 Å². The van der Waals surface area contributed by atoms with Gasteiger partial charge in [0.2, 0.25) is 0 Å². The fourth-order valence-electron chi connectivity index (χ4n) is 1.82. The number of hydrogen-bond donors (Lipinski definition) is 2. The summed E-state index contributed by atoms with van der Waals surface area (Å²) in [6.45, 7) is 0. The molecule has 19 heavy (non-hydrogen) atoms. The van der Waals surface area contributed by atoms with Crippen LogP contribution < -0.4 is 11.3 Å². The molecule has 0 radical (unpaired) electrons. The third-order valence-corrected chi connectivity index (χ3v) is 3.24. The number of aryl methyl sites for hydroxylation is 1. The second-order valence-electron chi connectivity index (χ2n) is 4.01. The van der Waals surface area contributed by atoms with Crippen molar-refractivity contribution in [3.8, 4) is 0 Å². The largest absolute Gasteiger partial charge is 0.271 e. The van der Waals surface area contributed by atoms with Gasteiger partial charge in [-0.05, 0) is 12.1 Å². The molecule has 0 aliphatic carbocycles. The van der Waals surface area contributed by atoms with E-state index in [1.807, 2.05) is 0 Å². The fraction of sp³-hybridized carbons (Fsp3) is 0.273.